The van der Waals surface area contributed by atoms with Crippen LogP contribution in [0.5, 0.6) is 0 Å². The summed E-state index contributed by atoms with van der Waals surface area (Å²) in [5.41, 5.74) is 0.579. The molecule has 0 amide bonds. The van der Waals surface area contributed by atoms with E-state index in [-0.39, 0.29) is 40.2 Å². The largest absolute Gasteiger partial charge is 0.472 e. The van der Waals surface area contributed by atoms with Crippen molar-refractivity contribution in [3.05, 3.63) is 36.3 Å². The Morgan fingerprint density at radius 3 is 2.69 bits per heavy atom. The van der Waals surface area contributed by atoms with Crippen molar-refractivity contribution in [2.24, 2.45) is 34.0 Å². The summed E-state index contributed by atoms with van der Waals surface area (Å²) in [7, 11) is 0. The Bertz CT molecular complexity index is 900. The highest BCUT2D eigenvalue weighted by Crippen LogP contribution is 2.78. The summed E-state index contributed by atoms with van der Waals surface area (Å²) >= 11 is 0. The van der Waals surface area contributed by atoms with E-state index in [1.807, 2.05) is 12.3 Å². The zero-order valence-electron chi connectivity index (χ0n) is 17.9. The van der Waals surface area contributed by atoms with Gasteiger partial charge in [-0.2, -0.15) is 0 Å². The molecule has 0 bridgehead atoms. The lowest BCUT2D eigenvalue weighted by molar-refractivity contribution is -0.174. The average Bonchev–Trinajstić information content (AvgIpc) is 3.02. The predicted octanol–water partition coefficient (Wildman–Crippen LogP) is 4.49. The molecule has 1 aliphatic heterocycles. The standard InChI is InChI=1S/C25H32O4/c1-22(2)18-12-17(26)21-15(23(18,3)8-6-19(22)27)5-9-24(4)16(14-7-10-28-13-14)11-20-25(21,24)29-20/h6-8,10,13,15-18,20-21,26H,5,9,11-12H2,1-4H3. The second-order valence-electron chi connectivity index (χ2n) is 11.5. The lowest BCUT2D eigenvalue weighted by Gasteiger charge is -2.62. The fourth-order valence-corrected chi connectivity index (χ4v) is 8.73. The first-order chi connectivity index (χ1) is 13.7. The number of ketones is 1. The number of aliphatic hydroxyl groups excluding tert-OH is 1. The van der Waals surface area contributed by atoms with Crippen LogP contribution in [0.15, 0.2) is 35.2 Å². The van der Waals surface area contributed by atoms with Crippen molar-refractivity contribution < 1.29 is 19.1 Å². The molecule has 9 unspecified atom stereocenters. The summed E-state index contributed by atoms with van der Waals surface area (Å²) < 4.78 is 11.9. The van der Waals surface area contributed by atoms with Crippen molar-refractivity contribution in [2.75, 3.05) is 0 Å². The molecule has 0 radical (unpaired) electrons. The van der Waals surface area contributed by atoms with E-state index in [0.717, 1.165) is 19.3 Å². The Morgan fingerprint density at radius 2 is 1.97 bits per heavy atom. The van der Waals surface area contributed by atoms with Gasteiger partial charge in [0.15, 0.2) is 5.78 Å². The van der Waals surface area contributed by atoms with Gasteiger partial charge in [0.05, 0.1) is 24.7 Å². The highest BCUT2D eigenvalue weighted by molar-refractivity contribution is 5.95. The van der Waals surface area contributed by atoms with Crippen LogP contribution in [0.25, 0.3) is 0 Å². The Hall–Kier alpha value is -1.39. The smallest absolute Gasteiger partial charge is 0.161 e. The van der Waals surface area contributed by atoms with Crippen LogP contribution in [-0.2, 0) is 9.53 Å². The third-order valence-electron chi connectivity index (χ3n) is 10.3. The van der Waals surface area contributed by atoms with Crippen LogP contribution in [-0.4, -0.2) is 28.7 Å². The maximum atomic E-state index is 12.7. The number of rotatable bonds is 1. The molecule has 0 aromatic carbocycles. The van der Waals surface area contributed by atoms with Gasteiger partial charge in [-0.05, 0) is 66.6 Å². The molecule has 4 heteroatoms. The monoisotopic (exact) mass is 396 g/mol. The molecule has 1 aromatic heterocycles. The van der Waals surface area contributed by atoms with Gasteiger partial charge in [-0.15, -0.1) is 0 Å². The topological polar surface area (TPSA) is 63.0 Å². The Labute approximate surface area is 172 Å². The van der Waals surface area contributed by atoms with Gasteiger partial charge >= 0.3 is 0 Å². The number of aliphatic hydroxyl groups is 1. The number of hydrogen-bond donors (Lipinski definition) is 1. The summed E-state index contributed by atoms with van der Waals surface area (Å²) in [6.07, 6.45) is 11.4. The van der Waals surface area contributed by atoms with Gasteiger partial charge in [0.1, 0.15) is 5.60 Å². The first-order valence-corrected chi connectivity index (χ1v) is 11.3. The third kappa shape index (κ3) is 1.92. The molecule has 1 N–H and O–H groups in total. The summed E-state index contributed by atoms with van der Waals surface area (Å²) in [4.78, 5) is 12.7. The van der Waals surface area contributed by atoms with Crippen LogP contribution in [0.1, 0.15) is 64.9 Å². The van der Waals surface area contributed by atoms with Gasteiger partial charge in [-0.3, -0.25) is 4.79 Å². The molecule has 4 aliphatic carbocycles. The minimum absolute atomic E-state index is 0.0244. The molecule has 1 aromatic rings. The van der Waals surface area contributed by atoms with Gasteiger partial charge in [-0.25, -0.2) is 0 Å². The lowest BCUT2D eigenvalue weighted by atomic mass is 9.41. The maximum Gasteiger partial charge on any atom is 0.161 e. The van der Waals surface area contributed by atoms with E-state index >= 15 is 0 Å². The quantitative estimate of drug-likeness (QED) is 0.711. The van der Waals surface area contributed by atoms with E-state index < -0.39 is 11.5 Å². The molecule has 4 nitrogen and oxygen atoms in total. The van der Waals surface area contributed by atoms with Crippen LogP contribution in [0.2, 0.25) is 0 Å². The van der Waals surface area contributed by atoms with Crippen molar-refractivity contribution in [3.8, 4) is 0 Å². The Morgan fingerprint density at radius 1 is 1.17 bits per heavy atom. The fraction of sp³-hybridized carbons (Fsp3) is 0.720. The van der Waals surface area contributed by atoms with Gasteiger partial charge < -0.3 is 14.3 Å². The van der Waals surface area contributed by atoms with Crippen LogP contribution >= 0.6 is 0 Å². The zero-order chi connectivity index (χ0) is 20.4. The van der Waals surface area contributed by atoms with Crippen molar-refractivity contribution in [3.63, 3.8) is 0 Å². The summed E-state index contributed by atoms with van der Waals surface area (Å²) in [5, 5.41) is 11.5. The molecule has 6 rings (SSSR count). The van der Waals surface area contributed by atoms with E-state index in [1.165, 1.54) is 5.56 Å². The molecule has 4 fully saturated rings. The number of epoxide rings is 1. The van der Waals surface area contributed by atoms with E-state index in [2.05, 4.69) is 39.8 Å². The molecule has 3 saturated carbocycles. The number of fused-ring (bicyclic) bond motifs is 3. The van der Waals surface area contributed by atoms with E-state index in [9.17, 15) is 9.90 Å². The molecule has 2 heterocycles. The van der Waals surface area contributed by atoms with Crippen LogP contribution < -0.4 is 0 Å². The van der Waals surface area contributed by atoms with Gasteiger partial charge in [0.25, 0.3) is 0 Å². The molecule has 29 heavy (non-hydrogen) atoms. The highest BCUT2D eigenvalue weighted by Gasteiger charge is 2.82. The molecule has 1 saturated heterocycles. The van der Waals surface area contributed by atoms with Crippen LogP contribution in [0.4, 0.5) is 0 Å². The first-order valence-electron chi connectivity index (χ1n) is 11.3. The van der Waals surface area contributed by atoms with Crippen molar-refractivity contribution in [1.82, 2.24) is 0 Å². The van der Waals surface area contributed by atoms with E-state index in [4.69, 9.17) is 9.15 Å². The highest BCUT2D eigenvalue weighted by atomic mass is 16.6. The SMILES string of the molecule is CC1(C)C(=O)C=CC2(C)C3CCC4(C)C(c5ccoc5)CC5OC54C3C(O)CC12. The molecule has 156 valence electrons. The third-order valence-corrected chi connectivity index (χ3v) is 10.3. The summed E-state index contributed by atoms with van der Waals surface area (Å²) in [6, 6.07) is 2.10. The Kier molecular flexibility index (Phi) is 3.33. The number of carbonyl (C=O) groups is 1. The second-order valence-corrected chi connectivity index (χ2v) is 11.5. The van der Waals surface area contributed by atoms with Crippen LogP contribution in [0.3, 0.4) is 0 Å². The summed E-state index contributed by atoms with van der Waals surface area (Å²) in [6.45, 7) is 8.87. The lowest BCUT2D eigenvalue weighted by Crippen LogP contribution is -2.64. The molecule has 5 aliphatic rings. The second kappa shape index (κ2) is 5.26. The number of furan rings is 1. The normalized spacial score (nSPS) is 54.3. The Balaban J connectivity index is 1.44. The average molecular weight is 397 g/mol. The van der Waals surface area contributed by atoms with Gasteiger partial charge in [-0.1, -0.05) is 33.8 Å². The molecule has 9 atom stereocenters. The summed E-state index contributed by atoms with van der Waals surface area (Å²) in [5.74, 6) is 1.29. The maximum absolute atomic E-state index is 12.7. The zero-order valence-corrected chi connectivity index (χ0v) is 17.9. The minimum Gasteiger partial charge on any atom is -0.472 e. The van der Waals surface area contributed by atoms with E-state index in [1.54, 1.807) is 6.26 Å². The van der Waals surface area contributed by atoms with Crippen molar-refractivity contribution in [2.45, 2.75) is 77.1 Å². The van der Waals surface area contributed by atoms with Crippen LogP contribution in [0, 0.1) is 34.0 Å². The predicted molar refractivity (Wildman–Crippen MR) is 108 cm³/mol. The van der Waals surface area contributed by atoms with Crippen molar-refractivity contribution >= 4 is 5.78 Å². The number of carbonyl (C=O) groups excluding carboxylic acids is 1. The van der Waals surface area contributed by atoms with Gasteiger partial charge in [0.2, 0.25) is 0 Å². The van der Waals surface area contributed by atoms with Gasteiger partial charge in [0, 0.05) is 16.7 Å². The van der Waals surface area contributed by atoms with E-state index in [0.29, 0.717) is 18.3 Å². The molecular weight excluding hydrogens is 364 g/mol. The first kappa shape index (κ1) is 18.4. The molecular formula is C25H32O4. The fourth-order valence-electron chi connectivity index (χ4n) is 8.73. The molecule has 1 spiro atoms. The number of ether oxygens (including phenoxy) is 1. The number of hydrogen-bond acceptors (Lipinski definition) is 4. The number of allylic oxidation sites excluding steroid dienone is 2. The van der Waals surface area contributed by atoms with Crippen molar-refractivity contribution in [1.29, 1.82) is 0 Å². The minimum atomic E-state index is -0.424.